The van der Waals surface area contributed by atoms with E-state index in [9.17, 15) is 0 Å². The van der Waals surface area contributed by atoms with Crippen molar-refractivity contribution in [2.45, 2.75) is 20.8 Å². The number of hydrogen-bond acceptors (Lipinski definition) is 2. The first-order valence-electron chi connectivity index (χ1n) is 7.45. The van der Waals surface area contributed by atoms with E-state index in [0.717, 1.165) is 18.8 Å². The second-order valence-electron chi connectivity index (χ2n) is 4.96. The summed E-state index contributed by atoms with van der Waals surface area (Å²) in [6, 6.07) is 17.3. The molecule has 0 aliphatic carbocycles. The number of rotatable bonds is 6. The number of benzene rings is 2. The zero-order valence-corrected chi connectivity index (χ0v) is 14.2. The molecule has 2 nitrogen and oxygen atoms in total. The van der Waals surface area contributed by atoms with Crippen LogP contribution in [0.25, 0.3) is 0 Å². The van der Waals surface area contributed by atoms with E-state index in [1.165, 1.54) is 16.2 Å². The summed E-state index contributed by atoms with van der Waals surface area (Å²) in [6.07, 6.45) is 0. The molecule has 0 N–H and O–H groups in total. The average molecular weight is 301 g/mol. The minimum absolute atomic E-state index is 0.545. The SMILES string of the molecule is CCN(CC)P(c1ccc(C)cc1)c1ccccc1OC. The van der Waals surface area contributed by atoms with Gasteiger partial charge in [0.2, 0.25) is 0 Å². The van der Waals surface area contributed by atoms with E-state index in [0.29, 0.717) is 0 Å². The Kier molecular flexibility index (Phi) is 5.78. The van der Waals surface area contributed by atoms with Gasteiger partial charge >= 0.3 is 0 Å². The Labute approximate surface area is 129 Å². The molecule has 0 heterocycles. The van der Waals surface area contributed by atoms with E-state index in [1.807, 2.05) is 6.07 Å². The van der Waals surface area contributed by atoms with E-state index >= 15 is 0 Å². The molecule has 0 amide bonds. The van der Waals surface area contributed by atoms with Crippen molar-refractivity contribution in [2.75, 3.05) is 20.2 Å². The number of ether oxygens (including phenoxy) is 1. The Hall–Kier alpha value is -1.37. The van der Waals surface area contributed by atoms with Crippen LogP contribution in [0.3, 0.4) is 0 Å². The molecule has 0 fully saturated rings. The van der Waals surface area contributed by atoms with Crippen LogP contribution in [0.2, 0.25) is 0 Å². The quantitative estimate of drug-likeness (QED) is 0.755. The third kappa shape index (κ3) is 3.64. The molecule has 0 saturated carbocycles. The number of para-hydroxylation sites is 1. The van der Waals surface area contributed by atoms with Gasteiger partial charge in [-0.3, -0.25) is 4.67 Å². The molecule has 21 heavy (non-hydrogen) atoms. The summed E-state index contributed by atoms with van der Waals surface area (Å²) in [5.41, 5.74) is 1.30. The van der Waals surface area contributed by atoms with Gasteiger partial charge in [0.25, 0.3) is 0 Å². The molecule has 112 valence electrons. The molecule has 0 saturated heterocycles. The lowest BCUT2D eigenvalue weighted by Gasteiger charge is -2.31. The third-order valence-corrected chi connectivity index (χ3v) is 6.35. The van der Waals surface area contributed by atoms with E-state index in [2.05, 4.69) is 67.9 Å². The maximum atomic E-state index is 5.60. The topological polar surface area (TPSA) is 12.5 Å². The van der Waals surface area contributed by atoms with Crippen LogP contribution >= 0.6 is 8.07 Å². The van der Waals surface area contributed by atoms with E-state index in [4.69, 9.17) is 4.74 Å². The van der Waals surface area contributed by atoms with Crippen molar-refractivity contribution in [2.24, 2.45) is 0 Å². The molecule has 0 aliphatic heterocycles. The minimum Gasteiger partial charge on any atom is -0.496 e. The number of hydrogen-bond donors (Lipinski definition) is 0. The van der Waals surface area contributed by atoms with Crippen LogP contribution in [0.1, 0.15) is 19.4 Å². The van der Waals surface area contributed by atoms with Gasteiger partial charge in [-0.1, -0.05) is 55.8 Å². The first-order valence-corrected chi connectivity index (χ1v) is 8.75. The third-order valence-electron chi connectivity index (χ3n) is 3.60. The van der Waals surface area contributed by atoms with Crippen LogP contribution in [0, 0.1) is 6.92 Å². The molecule has 0 aromatic heterocycles. The van der Waals surface area contributed by atoms with Gasteiger partial charge in [-0.15, -0.1) is 0 Å². The Morgan fingerprint density at radius 1 is 0.952 bits per heavy atom. The smallest absolute Gasteiger partial charge is 0.128 e. The molecule has 0 spiro atoms. The number of aryl methyl sites for hydroxylation is 1. The van der Waals surface area contributed by atoms with Crippen molar-refractivity contribution in [3.05, 3.63) is 54.1 Å². The summed E-state index contributed by atoms with van der Waals surface area (Å²) >= 11 is 0. The van der Waals surface area contributed by atoms with E-state index in [1.54, 1.807) is 7.11 Å². The molecule has 0 aliphatic rings. The minimum atomic E-state index is -0.545. The van der Waals surface area contributed by atoms with Crippen LogP contribution in [-0.2, 0) is 0 Å². The molecule has 2 rings (SSSR count). The summed E-state index contributed by atoms with van der Waals surface area (Å²) in [6.45, 7) is 8.65. The highest BCUT2D eigenvalue weighted by Gasteiger charge is 2.23. The predicted molar refractivity (Wildman–Crippen MR) is 93.3 cm³/mol. The van der Waals surface area contributed by atoms with E-state index in [-0.39, 0.29) is 0 Å². The largest absolute Gasteiger partial charge is 0.496 e. The highest BCUT2D eigenvalue weighted by Crippen LogP contribution is 2.40. The number of nitrogens with zero attached hydrogens (tertiary/aromatic N) is 1. The maximum absolute atomic E-state index is 5.60. The van der Waals surface area contributed by atoms with Gasteiger partial charge in [0.05, 0.1) is 7.11 Å². The molecular weight excluding hydrogens is 277 g/mol. The Balaban J connectivity index is 2.52. The van der Waals surface area contributed by atoms with Crippen molar-refractivity contribution in [3.63, 3.8) is 0 Å². The fourth-order valence-electron chi connectivity index (χ4n) is 2.45. The van der Waals surface area contributed by atoms with Gasteiger partial charge in [0, 0.05) is 13.4 Å². The lowest BCUT2D eigenvalue weighted by molar-refractivity contribution is 0.417. The monoisotopic (exact) mass is 301 g/mol. The van der Waals surface area contributed by atoms with Crippen LogP contribution < -0.4 is 15.3 Å². The molecule has 2 aromatic rings. The van der Waals surface area contributed by atoms with Crippen molar-refractivity contribution in [3.8, 4) is 5.75 Å². The van der Waals surface area contributed by atoms with Crippen LogP contribution in [0.5, 0.6) is 5.75 Å². The molecule has 2 aromatic carbocycles. The van der Waals surface area contributed by atoms with E-state index < -0.39 is 8.07 Å². The first-order chi connectivity index (χ1) is 10.2. The molecule has 1 unspecified atom stereocenters. The van der Waals surface area contributed by atoms with Crippen LogP contribution in [0.4, 0.5) is 0 Å². The Morgan fingerprint density at radius 2 is 1.57 bits per heavy atom. The predicted octanol–water partition coefficient (Wildman–Crippen LogP) is 3.69. The van der Waals surface area contributed by atoms with Gasteiger partial charge in [-0.05, 0) is 37.5 Å². The summed E-state index contributed by atoms with van der Waals surface area (Å²) in [4.78, 5) is 0. The van der Waals surface area contributed by atoms with Gasteiger partial charge in [0.15, 0.2) is 0 Å². The van der Waals surface area contributed by atoms with Crippen LogP contribution in [-0.4, -0.2) is 24.9 Å². The molecule has 1 atom stereocenters. The fraction of sp³-hybridized carbons (Fsp3) is 0.333. The molecule has 0 bridgehead atoms. The van der Waals surface area contributed by atoms with Gasteiger partial charge < -0.3 is 4.74 Å². The summed E-state index contributed by atoms with van der Waals surface area (Å²) < 4.78 is 8.13. The van der Waals surface area contributed by atoms with Gasteiger partial charge in [-0.2, -0.15) is 0 Å². The maximum Gasteiger partial charge on any atom is 0.128 e. The lowest BCUT2D eigenvalue weighted by atomic mass is 10.2. The summed E-state index contributed by atoms with van der Waals surface area (Å²) in [5, 5.41) is 2.67. The Bertz CT molecular complexity index is 564. The first kappa shape index (κ1) is 16.0. The van der Waals surface area contributed by atoms with Crippen molar-refractivity contribution < 1.29 is 4.74 Å². The second-order valence-corrected chi connectivity index (χ2v) is 7.15. The zero-order chi connectivity index (χ0) is 15.2. The fourth-order valence-corrected chi connectivity index (χ4v) is 4.96. The van der Waals surface area contributed by atoms with Gasteiger partial charge in [-0.25, -0.2) is 0 Å². The van der Waals surface area contributed by atoms with Crippen molar-refractivity contribution in [1.82, 2.24) is 4.67 Å². The molecule has 0 radical (unpaired) electrons. The molecule has 3 heteroatoms. The lowest BCUT2D eigenvalue weighted by Crippen LogP contribution is -2.29. The average Bonchev–Trinajstić information content (AvgIpc) is 2.53. The van der Waals surface area contributed by atoms with Crippen molar-refractivity contribution in [1.29, 1.82) is 0 Å². The standard InChI is InChI=1S/C18H24NOP/c1-5-19(6-2)21(16-13-11-15(3)12-14-16)18-10-8-7-9-17(18)20-4/h7-14H,5-6H2,1-4H3. The zero-order valence-electron chi connectivity index (χ0n) is 13.3. The Morgan fingerprint density at radius 3 is 2.14 bits per heavy atom. The highest BCUT2D eigenvalue weighted by atomic mass is 31.1. The van der Waals surface area contributed by atoms with Crippen LogP contribution in [0.15, 0.2) is 48.5 Å². The van der Waals surface area contributed by atoms with Crippen molar-refractivity contribution >= 4 is 18.7 Å². The summed E-state index contributed by atoms with van der Waals surface area (Å²) in [7, 11) is 1.21. The second kappa shape index (κ2) is 7.59. The highest BCUT2D eigenvalue weighted by molar-refractivity contribution is 7.71. The van der Waals surface area contributed by atoms with Gasteiger partial charge in [0.1, 0.15) is 5.75 Å². The molecular formula is C18H24NOP. The normalized spacial score (nSPS) is 12.4. The summed E-state index contributed by atoms with van der Waals surface area (Å²) in [5.74, 6) is 0.982. The number of methoxy groups -OCH3 is 1.